The van der Waals surface area contributed by atoms with Crippen LogP contribution in [0.1, 0.15) is 13.0 Å². The van der Waals surface area contributed by atoms with E-state index in [0.717, 1.165) is 5.56 Å². The minimum Gasteiger partial charge on any atom is -0.467 e. The van der Waals surface area contributed by atoms with E-state index < -0.39 is 6.04 Å². The second-order valence-corrected chi connectivity index (χ2v) is 4.66. The molecule has 3 aromatic heterocycles. The largest absolute Gasteiger partial charge is 0.467 e. The summed E-state index contributed by atoms with van der Waals surface area (Å²) in [5, 5.41) is 3.96. The molecule has 0 aromatic carbocycles. The first-order valence-corrected chi connectivity index (χ1v) is 6.70. The number of nitrogens with zero attached hydrogens (tertiary/aromatic N) is 4. The van der Waals surface area contributed by atoms with Crippen molar-refractivity contribution >= 4 is 5.97 Å². The molecule has 0 aliphatic carbocycles. The smallest absolute Gasteiger partial charge is 0.328 e. The van der Waals surface area contributed by atoms with Crippen LogP contribution < -0.4 is 0 Å². The maximum Gasteiger partial charge on any atom is 0.328 e. The highest BCUT2D eigenvalue weighted by molar-refractivity contribution is 5.74. The monoisotopic (exact) mass is 298 g/mol. The number of aromatic nitrogens is 4. The van der Waals surface area contributed by atoms with E-state index in [0.29, 0.717) is 17.4 Å². The lowest BCUT2D eigenvalue weighted by molar-refractivity contribution is -0.143. The van der Waals surface area contributed by atoms with Crippen molar-refractivity contribution in [3.05, 3.63) is 42.9 Å². The zero-order valence-corrected chi connectivity index (χ0v) is 12.1. The molecule has 3 heterocycles. The van der Waals surface area contributed by atoms with Gasteiger partial charge in [-0.1, -0.05) is 5.16 Å². The SMILES string of the molecule is COC(=O)[C@H](C)n1cccc1-c1nc(-c2ccncc2)no1. The van der Waals surface area contributed by atoms with Crippen molar-refractivity contribution in [2.45, 2.75) is 13.0 Å². The van der Waals surface area contributed by atoms with E-state index in [2.05, 4.69) is 15.1 Å². The van der Waals surface area contributed by atoms with Gasteiger partial charge in [-0.2, -0.15) is 4.98 Å². The molecule has 1 atom stereocenters. The Morgan fingerprint density at radius 3 is 2.82 bits per heavy atom. The van der Waals surface area contributed by atoms with Gasteiger partial charge in [0.1, 0.15) is 11.7 Å². The predicted octanol–water partition coefficient (Wildman–Crippen LogP) is 2.33. The van der Waals surface area contributed by atoms with Crippen molar-refractivity contribution in [2.24, 2.45) is 0 Å². The predicted molar refractivity (Wildman–Crippen MR) is 77.7 cm³/mol. The van der Waals surface area contributed by atoms with Crippen LogP contribution in [0.25, 0.3) is 23.0 Å². The second-order valence-electron chi connectivity index (χ2n) is 4.66. The number of rotatable bonds is 4. The minimum absolute atomic E-state index is 0.340. The van der Waals surface area contributed by atoms with Crippen molar-refractivity contribution < 1.29 is 14.1 Å². The lowest BCUT2D eigenvalue weighted by atomic mass is 10.2. The van der Waals surface area contributed by atoms with Crippen molar-refractivity contribution in [1.29, 1.82) is 0 Å². The van der Waals surface area contributed by atoms with Crippen molar-refractivity contribution in [1.82, 2.24) is 19.7 Å². The van der Waals surface area contributed by atoms with Gasteiger partial charge in [0.2, 0.25) is 5.82 Å². The number of carbonyl (C=O) groups excluding carboxylic acids is 1. The third kappa shape index (κ3) is 2.48. The molecule has 3 rings (SSSR count). The average molecular weight is 298 g/mol. The maximum absolute atomic E-state index is 11.7. The van der Waals surface area contributed by atoms with Gasteiger partial charge in [-0.05, 0) is 31.2 Å². The topological polar surface area (TPSA) is 83.0 Å². The van der Waals surface area contributed by atoms with Crippen LogP contribution in [0.4, 0.5) is 0 Å². The molecule has 112 valence electrons. The third-order valence-electron chi connectivity index (χ3n) is 3.32. The Bertz CT molecular complexity index is 779. The van der Waals surface area contributed by atoms with Crippen LogP contribution in [0.5, 0.6) is 0 Å². The third-order valence-corrected chi connectivity index (χ3v) is 3.32. The fourth-order valence-corrected chi connectivity index (χ4v) is 2.14. The molecule has 0 aliphatic heterocycles. The molecule has 0 amide bonds. The molecule has 0 fully saturated rings. The highest BCUT2D eigenvalue weighted by atomic mass is 16.5. The van der Waals surface area contributed by atoms with E-state index in [9.17, 15) is 4.79 Å². The number of ether oxygens (including phenoxy) is 1. The summed E-state index contributed by atoms with van der Waals surface area (Å²) >= 11 is 0. The van der Waals surface area contributed by atoms with E-state index >= 15 is 0 Å². The van der Waals surface area contributed by atoms with Crippen LogP contribution in [0.3, 0.4) is 0 Å². The number of pyridine rings is 1. The molecule has 7 nitrogen and oxygen atoms in total. The summed E-state index contributed by atoms with van der Waals surface area (Å²) in [5.41, 5.74) is 1.47. The molecule has 0 unspecified atom stereocenters. The van der Waals surface area contributed by atoms with Crippen LogP contribution in [-0.4, -0.2) is 32.8 Å². The lowest BCUT2D eigenvalue weighted by Crippen LogP contribution is -2.17. The van der Waals surface area contributed by atoms with Gasteiger partial charge in [-0.25, -0.2) is 4.79 Å². The van der Waals surface area contributed by atoms with E-state index in [4.69, 9.17) is 9.26 Å². The van der Waals surface area contributed by atoms with E-state index in [1.165, 1.54) is 7.11 Å². The van der Waals surface area contributed by atoms with E-state index in [1.54, 1.807) is 42.2 Å². The summed E-state index contributed by atoms with van der Waals surface area (Å²) < 4.78 is 11.8. The van der Waals surface area contributed by atoms with Crippen molar-refractivity contribution in [3.8, 4) is 23.0 Å². The summed E-state index contributed by atoms with van der Waals surface area (Å²) in [6.45, 7) is 1.75. The normalized spacial score (nSPS) is 12.1. The molecule has 7 heteroatoms. The molecule has 0 saturated carbocycles. The Morgan fingerprint density at radius 2 is 2.09 bits per heavy atom. The highest BCUT2D eigenvalue weighted by Gasteiger charge is 2.21. The molecule has 0 aliphatic rings. The summed E-state index contributed by atoms with van der Waals surface area (Å²) in [7, 11) is 1.36. The second kappa shape index (κ2) is 5.80. The van der Waals surface area contributed by atoms with Gasteiger partial charge >= 0.3 is 5.97 Å². The lowest BCUT2D eigenvalue weighted by Gasteiger charge is -2.13. The first kappa shape index (κ1) is 14.0. The molecule has 0 saturated heterocycles. The van der Waals surface area contributed by atoms with Gasteiger partial charge in [0.25, 0.3) is 5.89 Å². The van der Waals surface area contributed by atoms with Crippen LogP contribution in [-0.2, 0) is 9.53 Å². The Hall–Kier alpha value is -2.96. The van der Waals surface area contributed by atoms with Gasteiger partial charge in [0, 0.05) is 24.2 Å². The minimum atomic E-state index is -0.480. The maximum atomic E-state index is 11.7. The fraction of sp³-hybridized carbons (Fsp3) is 0.200. The zero-order valence-electron chi connectivity index (χ0n) is 12.1. The van der Waals surface area contributed by atoms with Crippen molar-refractivity contribution in [3.63, 3.8) is 0 Å². The van der Waals surface area contributed by atoms with Crippen molar-refractivity contribution in [2.75, 3.05) is 7.11 Å². The Kier molecular flexibility index (Phi) is 3.69. The van der Waals surface area contributed by atoms with Crippen LogP contribution in [0.15, 0.2) is 47.4 Å². The number of hydrogen-bond donors (Lipinski definition) is 0. The van der Waals surface area contributed by atoms with Gasteiger partial charge in [0.05, 0.1) is 7.11 Å². The van der Waals surface area contributed by atoms with Crippen LogP contribution in [0.2, 0.25) is 0 Å². The Labute approximate surface area is 126 Å². The standard InChI is InChI=1S/C15H14N4O3/c1-10(15(20)21-2)19-9-3-4-12(19)14-17-13(18-22-14)11-5-7-16-8-6-11/h3-10H,1-2H3/t10-/m0/s1. The van der Waals surface area contributed by atoms with Gasteiger partial charge in [-0.3, -0.25) is 4.98 Å². The molecule has 0 spiro atoms. The molecular weight excluding hydrogens is 284 g/mol. The van der Waals surface area contributed by atoms with Crippen LogP contribution >= 0.6 is 0 Å². The average Bonchev–Trinajstić information content (AvgIpc) is 3.22. The van der Waals surface area contributed by atoms with Gasteiger partial charge in [-0.15, -0.1) is 0 Å². The number of carbonyl (C=O) groups is 1. The van der Waals surface area contributed by atoms with E-state index in [-0.39, 0.29) is 5.97 Å². The first-order valence-electron chi connectivity index (χ1n) is 6.70. The first-order chi connectivity index (χ1) is 10.7. The summed E-state index contributed by atoms with van der Waals surface area (Å²) in [6.07, 6.45) is 5.09. The van der Waals surface area contributed by atoms with E-state index in [1.807, 2.05) is 12.1 Å². The molecule has 0 bridgehead atoms. The highest BCUT2D eigenvalue weighted by Crippen LogP contribution is 2.25. The number of hydrogen-bond acceptors (Lipinski definition) is 6. The number of methoxy groups -OCH3 is 1. The molecular formula is C15H14N4O3. The van der Waals surface area contributed by atoms with Gasteiger partial charge in [0.15, 0.2) is 0 Å². The fourth-order valence-electron chi connectivity index (χ4n) is 2.14. The molecule has 3 aromatic rings. The summed E-state index contributed by atoms with van der Waals surface area (Å²) in [4.78, 5) is 20.0. The number of esters is 1. The summed E-state index contributed by atoms with van der Waals surface area (Å²) in [5.74, 6) is 0.467. The van der Waals surface area contributed by atoms with Gasteiger partial charge < -0.3 is 13.8 Å². The molecule has 0 radical (unpaired) electrons. The summed E-state index contributed by atoms with van der Waals surface area (Å²) in [6, 6.07) is 6.73. The van der Waals surface area contributed by atoms with Crippen LogP contribution in [0, 0.1) is 0 Å². The molecule has 0 N–H and O–H groups in total. The zero-order chi connectivity index (χ0) is 15.5. The molecule has 22 heavy (non-hydrogen) atoms. The Morgan fingerprint density at radius 1 is 1.32 bits per heavy atom. The quantitative estimate of drug-likeness (QED) is 0.687. The Balaban J connectivity index is 1.95.